The molecule has 19 heavy (non-hydrogen) atoms. The van der Waals surface area contributed by atoms with E-state index in [4.69, 9.17) is 0 Å². The number of hydrogen-bond donors (Lipinski definition) is 1. The van der Waals surface area contributed by atoms with Crippen LogP contribution in [0.15, 0.2) is 23.1 Å². The molecule has 1 aromatic rings. The molecule has 0 atom stereocenters. The molecule has 0 aliphatic carbocycles. The predicted molar refractivity (Wildman–Crippen MR) is 71.4 cm³/mol. The quantitative estimate of drug-likeness (QED) is 0.759. The summed E-state index contributed by atoms with van der Waals surface area (Å²) in [6, 6.07) is 3.39. The first kappa shape index (κ1) is 15.9. The van der Waals surface area contributed by atoms with Crippen molar-refractivity contribution in [1.29, 1.82) is 0 Å². The first-order valence-corrected chi connectivity index (χ1v) is 6.73. The number of benzene rings is 1. The van der Waals surface area contributed by atoms with Crippen LogP contribution in [0.3, 0.4) is 0 Å². The Morgan fingerprint density at radius 3 is 2.32 bits per heavy atom. The topological polar surface area (TPSA) is 29.1 Å². The molecule has 0 bridgehead atoms. The monoisotopic (exact) mass is 291 g/mol. The summed E-state index contributed by atoms with van der Waals surface area (Å²) in [5, 5.41) is 2.50. The average molecular weight is 291 g/mol. The summed E-state index contributed by atoms with van der Waals surface area (Å²) >= 11 is 1.26. The third kappa shape index (κ3) is 3.43. The summed E-state index contributed by atoms with van der Waals surface area (Å²) in [6.07, 6.45) is -4.39. The van der Waals surface area contributed by atoms with Crippen LogP contribution in [-0.2, 0) is 11.0 Å². The van der Waals surface area contributed by atoms with Crippen molar-refractivity contribution in [2.75, 3.05) is 5.32 Å². The van der Waals surface area contributed by atoms with Crippen molar-refractivity contribution in [3.63, 3.8) is 0 Å². The van der Waals surface area contributed by atoms with E-state index in [0.29, 0.717) is 4.90 Å². The van der Waals surface area contributed by atoms with Crippen LogP contribution in [0.5, 0.6) is 0 Å². The average Bonchev–Trinajstić information content (AvgIpc) is 2.31. The number of carbonyl (C=O) groups excluding carboxylic acids is 1. The number of rotatable bonds is 0. The van der Waals surface area contributed by atoms with Gasteiger partial charge in [0.15, 0.2) is 0 Å². The highest BCUT2D eigenvalue weighted by Gasteiger charge is 2.37. The number of halogens is 3. The standard InChI is InChI=1S/C11H10F3NOS.C2H6/c1-10(2)9(16)15-7-5-6(11(12,13)14)3-4-8(7)17-10;1-2/h3-5H,1-2H3,(H,15,16);1-2H3. The van der Waals surface area contributed by atoms with E-state index in [2.05, 4.69) is 5.32 Å². The lowest BCUT2D eigenvalue weighted by Gasteiger charge is -2.30. The van der Waals surface area contributed by atoms with Crippen molar-refractivity contribution in [2.45, 2.75) is 43.5 Å². The summed E-state index contributed by atoms with van der Waals surface area (Å²) in [5.74, 6) is -0.283. The van der Waals surface area contributed by atoms with Crippen molar-refractivity contribution in [3.8, 4) is 0 Å². The number of hydrogen-bond acceptors (Lipinski definition) is 2. The van der Waals surface area contributed by atoms with Crippen molar-refractivity contribution in [1.82, 2.24) is 0 Å². The molecule has 0 radical (unpaired) electrons. The van der Waals surface area contributed by atoms with Crippen LogP contribution >= 0.6 is 11.8 Å². The lowest BCUT2D eigenvalue weighted by Crippen LogP contribution is -2.37. The van der Waals surface area contributed by atoms with E-state index in [1.807, 2.05) is 13.8 Å². The van der Waals surface area contributed by atoms with Gasteiger partial charge in [-0.15, -0.1) is 11.8 Å². The maximum atomic E-state index is 12.5. The van der Waals surface area contributed by atoms with Crippen LogP contribution in [0, 0.1) is 0 Å². The van der Waals surface area contributed by atoms with Gasteiger partial charge >= 0.3 is 6.18 Å². The minimum atomic E-state index is -4.39. The van der Waals surface area contributed by atoms with E-state index in [1.165, 1.54) is 17.8 Å². The van der Waals surface area contributed by atoms with E-state index in [9.17, 15) is 18.0 Å². The molecule has 0 saturated carbocycles. The minimum Gasteiger partial charge on any atom is -0.324 e. The van der Waals surface area contributed by atoms with Crippen LogP contribution in [0.1, 0.15) is 33.3 Å². The van der Waals surface area contributed by atoms with Crippen molar-refractivity contribution < 1.29 is 18.0 Å². The second kappa shape index (κ2) is 5.45. The molecule has 2 rings (SSSR count). The number of anilines is 1. The van der Waals surface area contributed by atoms with Crippen molar-refractivity contribution >= 4 is 23.4 Å². The maximum Gasteiger partial charge on any atom is 0.416 e. The van der Waals surface area contributed by atoms with Gasteiger partial charge in [-0.1, -0.05) is 13.8 Å². The van der Waals surface area contributed by atoms with Gasteiger partial charge in [0.05, 0.1) is 16.0 Å². The molecule has 1 heterocycles. The molecule has 1 aromatic carbocycles. The van der Waals surface area contributed by atoms with Crippen molar-refractivity contribution in [2.24, 2.45) is 0 Å². The van der Waals surface area contributed by atoms with E-state index < -0.39 is 16.5 Å². The van der Waals surface area contributed by atoms with Crippen LogP contribution in [-0.4, -0.2) is 10.7 Å². The van der Waals surface area contributed by atoms with Crippen molar-refractivity contribution in [3.05, 3.63) is 23.8 Å². The second-order valence-electron chi connectivity index (χ2n) is 4.28. The van der Waals surface area contributed by atoms with Gasteiger partial charge in [-0.05, 0) is 32.0 Å². The third-order valence-corrected chi connectivity index (χ3v) is 3.74. The molecule has 6 heteroatoms. The van der Waals surface area contributed by atoms with Gasteiger partial charge < -0.3 is 5.32 Å². The molecule has 0 spiro atoms. The minimum absolute atomic E-state index is 0.231. The Hall–Kier alpha value is -1.17. The highest BCUT2D eigenvalue weighted by molar-refractivity contribution is 8.01. The molecule has 0 saturated heterocycles. The van der Waals surface area contributed by atoms with Crippen LogP contribution in [0.2, 0.25) is 0 Å². The highest BCUT2D eigenvalue weighted by Crippen LogP contribution is 2.44. The number of alkyl halides is 3. The molecule has 1 aliphatic rings. The Morgan fingerprint density at radius 2 is 1.79 bits per heavy atom. The second-order valence-corrected chi connectivity index (χ2v) is 5.94. The van der Waals surface area contributed by atoms with Gasteiger partial charge in [0.2, 0.25) is 5.91 Å². The van der Waals surface area contributed by atoms with Crippen LogP contribution < -0.4 is 5.32 Å². The Balaban J connectivity index is 0.000000861. The normalized spacial score (nSPS) is 16.9. The zero-order valence-corrected chi connectivity index (χ0v) is 12.0. The van der Waals surface area contributed by atoms with Gasteiger partial charge in [0, 0.05) is 4.90 Å². The number of nitrogens with one attached hydrogen (secondary N) is 1. The Kier molecular flexibility index (Phi) is 4.55. The maximum absolute atomic E-state index is 12.5. The van der Waals surface area contributed by atoms with E-state index in [0.717, 1.165) is 12.1 Å². The summed E-state index contributed by atoms with van der Waals surface area (Å²) in [6.45, 7) is 7.46. The Morgan fingerprint density at radius 1 is 1.21 bits per heavy atom. The molecule has 0 unspecified atom stereocenters. The van der Waals surface area contributed by atoms with Gasteiger partial charge in [-0.3, -0.25) is 4.79 Å². The smallest absolute Gasteiger partial charge is 0.324 e. The van der Waals surface area contributed by atoms with Gasteiger partial charge in [0.1, 0.15) is 0 Å². The Labute approximate surface area is 114 Å². The van der Waals surface area contributed by atoms with Crippen LogP contribution in [0.25, 0.3) is 0 Å². The zero-order chi connectivity index (χ0) is 14.8. The molecule has 0 aromatic heterocycles. The highest BCUT2D eigenvalue weighted by atomic mass is 32.2. The number of carbonyl (C=O) groups is 1. The number of fused-ring (bicyclic) bond motifs is 1. The summed E-state index contributed by atoms with van der Waals surface area (Å²) in [7, 11) is 0. The van der Waals surface area contributed by atoms with Crippen LogP contribution in [0.4, 0.5) is 18.9 Å². The molecular weight excluding hydrogens is 275 g/mol. The molecule has 1 aliphatic heterocycles. The largest absolute Gasteiger partial charge is 0.416 e. The predicted octanol–water partition coefficient (Wildman–Crippen LogP) is 4.55. The molecule has 1 amide bonds. The van der Waals surface area contributed by atoms with E-state index in [-0.39, 0.29) is 11.6 Å². The van der Waals surface area contributed by atoms with Gasteiger partial charge in [0.25, 0.3) is 0 Å². The molecule has 0 fully saturated rings. The fraction of sp³-hybridized carbons (Fsp3) is 0.462. The van der Waals surface area contributed by atoms with E-state index in [1.54, 1.807) is 13.8 Å². The lowest BCUT2D eigenvalue weighted by molar-refractivity contribution is -0.137. The van der Waals surface area contributed by atoms with Gasteiger partial charge in [-0.2, -0.15) is 13.2 Å². The number of amides is 1. The van der Waals surface area contributed by atoms with Gasteiger partial charge in [-0.25, -0.2) is 0 Å². The first-order valence-electron chi connectivity index (χ1n) is 5.92. The summed E-state index contributed by atoms with van der Waals surface area (Å²) in [4.78, 5) is 12.3. The molecular formula is C13H16F3NOS. The lowest BCUT2D eigenvalue weighted by atomic mass is 10.1. The SMILES string of the molecule is CC.CC1(C)Sc2ccc(C(F)(F)F)cc2NC1=O. The number of thioether (sulfide) groups is 1. The summed E-state index contributed by atoms with van der Waals surface area (Å²) in [5.41, 5.74) is -0.522. The summed E-state index contributed by atoms with van der Waals surface area (Å²) < 4.78 is 36.8. The molecule has 106 valence electrons. The zero-order valence-electron chi connectivity index (χ0n) is 11.2. The fourth-order valence-electron chi connectivity index (χ4n) is 1.49. The first-order chi connectivity index (χ1) is 8.70. The third-order valence-electron chi connectivity index (χ3n) is 2.47. The Bertz CT molecular complexity index is 483. The van der Waals surface area contributed by atoms with E-state index >= 15 is 0 Å². The molecule has 1 N–H and O–H groups in total. The molecule has 2 nitrogen and oxygen atoms in total. The fourth-order valence-corrected chi connectivity index (χ4v) is 2.54.